The van der Waals surface area contributed by atoms with Gasteiger partial charge in [0, 0.05) is 10.8 Å². The number of para-hydroxylation sites is 1. The average Bonchev–Trinajstić information content (AvgIpc) is 2.87. The maximum Gasteiger partial charge on any atom is 0.345 e. The molecule has 0 aliphatic carbocycles. The minimum absolute atomic E-state index is 0.0250. The molecule has 0 bridgehead atoms. The van der Waals surface area contributed by atoms with Crippen molar-refractivity contribution in [2.45, 2.75) is 26.2 Å². The summed E-state index contributed by atoms with van der Waals surface area (Å²) in [5, 5.41) is 3.67. The minimum atomic E-state index is -0.500. The largest absolute Gasteiger partial charge is 0.422 e. The smallest absolute Gasteiger partial charge is 0.345 e. The first kappa shape index (κ1) is 21.9. The Hall–Kier alpha value is -4.58. The van der Waals surface area contributed by atoms with Gasteiger partial charge in [-0.15, -0.1) is 0 Å². The van der Waals surface area contributed by atoms with Crippen molar-refractivity contribution >= 4 is 32.7 Å². The molecule has 176 valence electrons. The van der Waals surface area contributed by atoms with Gasteiger partial charge >= 0.3 is 11.3 Å². The molecule has 0 saturated heterocycles. The molecule has 6 aromatic rings. The molecule has 3 aromatic heterocycles. The molecule has 3 aromatic carbocycles. The predicted molar refractivity (Wildman–Crippen MR) is 141 cm³/mol. The quantitative estimate of drug-likeness (QED) is 0.211. The zero-order chi connectivity index (χ0) is 25.0. The first-order valence-corrected chi connectivity index (χ1v) is 11.6. The molecule has 0 radical (unpaired) electrons. The normalized spacial score (nSPS) is 12.0. The van der Waals surface area contributed by atoms with Crippen molar-refractivity contribution in [2.75, 3.05) is 0 Å². The van der Waals surface area contributed by atoms with Gasteiger partial charge in [0.05, 0.1) is 34.9 Å². The van der Waals surface area contributed by atoms with Crippen molar-refractivity contribution in [3.05, 3.63) is 106 Å². The Labute approximate surface area is 205 Å². The van der Waals surface area contributed by atoms with Crippen molar-refractivity contribution < 1.29 is 8.83 Å². The number of hydrogen-bond donors (Lipinski definition) is 0. The van der Waals surface area contributed by atoms with Crippen LogP contribution in [0.25, 0.3) is 55.2 Å². The topological polar surface area (TPSA) is 86.2 Å². The van der Waals surface area contributed by atoms with Gasteiger partial charge in [-0.1, -0.05) is 63.2 Å². The molecule has 0 unspecified atom stereocenters. The first-order chi connectivity index (χ1) is 17.3. The van der Waals surface area contributed by atoms with Crippen LogP contribution in [-0.2, 0) is 5.41 Å². The lowest BCUT2D eigenvalue weighted by atomic mass is 9.85. The van der Waals surface area contributed by atoms with Crippen molar-refractivity contribution in [1.29, 1.82) is 0 Å². The molecule has 36 heavy (non-hydrogen) atoms. The maximum atomic E-state index is 12.8. The number of benzene rings is 3. The van der Waals surface area contributed by atoms with E-state index < -0.39 is 11.3 Å². The highest BCUT2D eigenvalue weighted by molar-refractivity contribution is 6.06. The summed E-state index contributed by atoms with van der Waals surface area (Å²) in [6, 6.07) is 20.9. The van der Waals surface area contributed by atoms with E-state index in [0.29, 0.717) is 33.7 Å². The zero-order valence-corrected chi connectivity index (χ0v) is 20.0. The first-order valence-electron chi connectivity index (χ1n) is 11.6. The van der Waals surface area contributed by atoms with E-state index in [1.807, 2.05) is 24.3 Å². The second kappa shape index (κ2) is 7.99. The van der Waals surface area contributed by atoms with E-state index in [0.717, 1.165) is 21.5 Å². The van der Waals surface area contributed by atoms with Crippen molar-refractivity contribution in [3.8, 4) is 22.5 Å². The molecule has 6 rings (SSSR count). The van der Waals surface area contributed by atoms with Crippen molar-refractivity contribution in [2.24, 2.45) is 0 Å². The molecule has 6 nitrogen and oxygen atoms in total. The summed E-state index contributed by atoms with van der Waals surface area (Å²) in [5.41, 5.74) is 2.61. The fraction of sp³-hybridized carbons (Fsp3) is 0.133. The van der Waals surface area contributed by atoms with Gasteiger partial charge in [0.15, 0.2) is 0 Å². The highest BCUT2D eigenvalue weighted by atomic mass is 16.4. The van der Waals surface area contributed by atoms with Crippen molar-refractivity contribution in [3.63, 3.8) is 0 Å². The summed E-state index contributed by atoms with van der Waals surface area (Å²) in [5.74, 6) is 0. The summed E-state index contributed by atoms with van der Waals surface area (Å²) in [4.78, 5) is 34.2. The SMILES string of the molecule is CC(C)(C)c1ccc2c(ccc3oc(=O)c(-c4cnc(-c5cc6ccccc6oc5=O)cn4)cc32)c1. The Balaban J connectivity index is 1.45. The minimum Gasteiger partial charge on any atom is -0.422 e. The molecule has 0 saturated carbocycles. The molecule has 0 atom stereocenters. The van der Waals surface area contributed by atoms with Crippen LogP contribution in [0.15, 0.2) is 97.5 Å². The second-order valence-electron chi connectivity index (χ2n) is 9.88. The summed E-state index contributed by atoms with van der Waals surface area (Å²) < 4.78 is 11.1. The average molecular weight is 475 g/mol. The third kappa shape index (κ3) is 3.67. The molecule has 0 amide bonds. The Morgan fingerprint density at radius 3 is 2.00 bits per heavy atom. The van der Waals surface area contributed by atoms with E-state index >= 15 is 0 Å². The van der Waals surface area contributed by atoms with Gasteiger partial charge in [0.25, 0.3) is 0 Å². The summed E-state index contributed by atoms with van der Waals surface area (Å²) >= 11 is 0. The van der Waals surface area contributed by atoms with E-state index in [-0.39, 0.29) is 5.41 Å². The van der Waals surface area contributed by atoms with Gasteiger partial charge in [-0.05, 0) is 46.0 Å². The monoisotopic (exact) mass is 474 g/mol. The number of fused-ring (bicyclic) bond motifs is 4. The molecular weight excluding hydrogens is 452 g/mol. The molecule has 0 spiro atoms. The Kier molecular flexibility index (Phi) is 4.86. The van der Waals surface area contributed by atoms with Crippen LogP contribution in [0.3, 0.4) is 0 Å². The van der Waals surface area contributed by atoms with Gasteiger partial charge < -0.3 is 8.83 Å². The molecule has 0 aliphatic rings. The Morgan fingerprint density at radius 2 is 1.31 bits per heavy atom. The molecule has 3 heterocycles. The molecule has 6 heteroatoms. The molecule has 0 aliphatic heterocycles. The van der Waals surface area contributed by atoms with Crippen LogP contribution in [0.2, 0.25) is 0 Å². The number of rotatable bonds is 2. The van der Waals surface area contributed by atoms with Gasteiger partial charge in [0.2, 0.25) is 0 Å². The van der Waals surface area contributed by atoms with E-state index in [2.05, 4.69) is 48.9 Å². The van der Waals surface area contributed by atoms with E-state index in [1.54, 1.807) is 24.3 Å². The van der Waals surface area contributed by atoms with E-state index in [4.69, 9.17) is 8.83 Å². The van der Waals surface area contributed by atoms with Crippen LogP contribution in [0.5, 0.6) is 0 Å². The second-order valence-corrected chi connectivity index (χ2v) is 9.88. The number of hydrogen-bond acceptors (Lipinski definition) is 6. The summed E-state index contributed by atoms with van der Waals surface area (Å²) in [6.07, 6.45) is 2.95. The van der Waals surface area contributed by atoms with Crippen molar-refractivity contribution in [1.82, 2.24) is 9.97 Å². The summed E-state index contributed by atoms with van der Waals surface area (Å²) in [6.45, 7) is 6.53. The lowest BCUT2D eigenvalue weighted by molar-refractivity contribution is 0.562. The Bertz CT molecular complexity index is 1910. The van der Waals surface area contributed by atoms with Crippen LogP contribution in [-0.4, -0.2) is 9.97 Å². The number of aromatic nitrogens is 2. The third-order valence-corrected chi connectivity index (χ3v) is 6.44. The highest BCUT2D eigenvalue weighted by Gasteiger charge is 2.17. The standard InChI is InChI=1S/C30H22N2O4/c1-30(2,3)19-9-10-20-17(12-19)8-11-27-21(20)14-23(29(34)36-27)25-16-31-24(15-32-25)22-13-18-6-4-5-7-26(18)35-28(22)33/h4-16H,1-3H3. The van der Waals surface area contributed by atoms with E-state index in [1.165, 1.54) is 18.0 Å². The van der Waals surface area contributed by atoms with Gasteiger partial charge in [-0.25, -0.2) is 9.59 Å². The van der Waals surface area contributed by atoms with Crippen LogP contribution in [0, 0.1) is 0 Å². The van der Waals surface area contributed by atoms with Gasteiger partial charge in [0.1, 0.15) is 11.2 Å². The molecule has 0 N–H and O–H groups in total. The highest BCUT2D eigenvalue weighted by Crippen LogP contribution is 2.31. The fourth-order valence-corrected chi connectivity index (χ4v) is 4.42. The maximum absolute atomic E-state index is 12.8. The van der Waals surface area contributed by atoms with Gasteiger partial charge in [-0.3, -0.25) is 9.97 Å². The van der Waals surface area contributed by atoms with Crippen LogP contribution >= 0.6 is 0 Å². The zero-order valence-electron chi connectivity index (χ0n) is 20.0. The summed E-state index contributed by atoms with van der Waals surface area (Å²) in [7, 11) is 0. The predicted octanol–water partition coefficient (Wildman–Crippen LogP) is 6.47. The lowest BCUT2D eigenvalue weighted by Gasteiger charge is -2.19. The molecular formula is C30H22N2O4. The van der Waals surface area contributed by atoms with Crippen LogP contribution in [0.1, 0.15) is 26.3 Å². The third-order valence-electron chi connectivity index (χ3n) is 6.44. The molecule has 0 fully saturated rings. The Morgan fingerprint density at radius 1 is 0.639 bits per heavy atom. The number of nitrogens with zero attached hydrogens (tertiary/aromatic N) is 2. The van der Waals surface area contributed by atoms with E-state index in [9.17, 15) is 9.59 Å². The van der Waals surface area contributed by atoms with Crippen LogP contribution < -0.4 is 11.3 Å². The van der Waals surface area contributed by atoms with Gasteiger partial charge in [-0.2, -0.15) is 0 Å². The van der Waals surface area contributed by atoms with Crippen LogP contribution in [0.4, 0.5) is 0 Å². The lowest BCUT2D eigenvalue weighted by Crippen LogP contribution is -2.10. The fourth-order valence-electron chi connectivity index (χ4n) is 4.42.